The van der Waals surface area contributed by atoms with Crippen molar-refractivity contribution in [2.45, 2.75) is 0 Å². The Morgan fingerprint density at radius 3 is 2.90 bits per heavy atom. The average Bonchev–Trinajstić information content (AvgIpc) is 2.50. The number of nitrogens with zero attached hydrogens (tertiary/aromatic N) is 1. The van der Waals surface area contributed by atoms with Crippen molar-refractivity contribution < 1.29 is 14.3 Å². The number of aromatic nitrogens is 1. The zero-order valence-corrected chi connectivity index (χ0v) is 11.0. The van der Waals surface area contributed by atoms with Crippen molar-refractivity contribution in [2.24, 2.45) is 0 Å². The summed E-state index contributed by atoms with van der Waals surface area (Å²) in [6, 6.07) is 9.54. The van der Waals surface area contributed by atoms with Crippen LogP contribution in [0, 0.1) is 0 Å². The largest absolute Gasteiger partial charge is 0.468 e. The summed E-state index contributed by atoms with van der Waals surface area (Å²) < 4.78 is 4.43. The number of rotatable bonds is 4. The van der Waals surface area contributed by atoms with Crippen LogP contribution in [0.4, 0.5) is 0 Å². The van der Waals surface area contributed by atoms with Gasteiger partial charge in [0.05, 0.1) is 12.6 Å². The van der Waals surface area contributed by atoms with E-state index in [2.05, 4.69) is 15.0 Å². The maximum Gasteiger partial charge on any atom is 0.325 e. The highest BCUT2D eigenvalue weighted by atomic mass is 16.5. The molecule has 0 bridgehead atoms. The molecule has 20 heavy (non-hydrogen) atoms. The molecule has 0 aliphatic carbocycles. The van der Waals surface area contributed by atoms with Crippen LogP contribution >= 0.6 is 0 Å². The molecule has 1 heterocycles. The van der Waals surface area contributed by atoms with Gasteiger partial charge in [-0.15, -0.1) is 0 Å². The van der Waals surface area contributed by atoms with Gasteiger partial charge in [0.25, 0.3) is 0 Å². The Labute approximate surface area is 116 Å². The summed E-state index contributed by atoms with van der Waals surface area (Å²) in [7, 11) is 1.27. The van der Waals surface area contributed by atoms with Gasteiger partial charge in [-0.3, -0.25) is 14.6 Å². The molecule has 5 heteroatoms. The molecule has 2 rings (SSSR count). The van der Waals surface area contributed by atoms with Gasteiger partial charge in [-0.1, -0.05) is 24.3 Å². The SMILES string of the molecule is COC(=O)CNC(=O)/C=C/c1cccc2cccnc12. The number of methoxy groups -OCH3 is 1. The van der Waals surface area contributed by atoms with E-state index in [9.17, 15) is 9.59 Å². The Kier molecular flexibility index (Phi) is 4.44. The lowest BCUT2D eigenvalue weighted by atomic mass is 10.1. The van der Waals surface area contributed by atoms with E-state index in [0.29, 0.717) is 0 Å². The number of esters is 1. The lowest BCUT2D eigenvalue weighted by Crippen LogP contribution is -2.28. The molecule has 2 aromatic rings. The van der Waals surface area contributed by atoms with Crippen molar-refractivity contribution in [3.63, 3.8) is 0 Å². The molecule has 5 nitrogen and oxygen atoms in total. The van der Waals surface area contributed by atoms with Gasteiger partial charge in [-0.05, 0) is 12.1 Å². The van der Waals surface area contributed by atoms with E-state index < -0.39 is 5.97 Å². The predicted octanol–water partition coefficient (Wildman–Crippen LogP) is 1.54. The third kappa shape index (κ3) is 3.41. The molecule has 0 saturated carbocycles. The second-order valence-electron chi connectivity index (χ2n) is 4.05. The van der Waals surface area contributed by atoms with Crippen LogP contribution in [-0.2, 0) is 14.3 Å². The minimum Gasteiger partial charge on any atom is -0.468 e. The number of carbonyl (C=O) groups is 2. The summed E-state index contributed by atoms with van der Waals surface area (Å²) in [5.41, 5.74) is 1.67. The number of para-hydroxylation sites is 1. The number of benzene rings is 1. The van der Waals surface area contributed by atoms with Crippen molar-refractivity contribution in [2.75, 3.05) is 13.7 Å². The molecule has 0 atom stereocenters. The maximum absolute atomic E-state index is 11.5. The number of fused-ring (bicyclic) bond motifs is 1. The Balaban J connectivity index is 2.10. The third-order valence-electron chi connectivity index (χ3n) is 2.71. The fourth-order valence-electron chi connectivity index (χ4n) is 1.72. The van der Waals surface area contributed by atoms with Crippen LogP contribution in [0.2, 0.25) is 0 Å². The molecule has 0 radical (unpaired) electrons. The molecule has 0 fully saturated rings. The Morgan fingerprint density at radius 2 is 2.10 bits per heavy atom. The topological polar surface area (TPSA) is 68.3 Å². The van der Waals surface area contributed by atoms with E-state index in [-0.39, 0.29) is 12.5 Å². The molecule has 1 aromatic heterocycles. The van der Waals surface area contributed by atoms with Gasteiger partial charge in [0.1, 0.15) is 6.54 Å². The molecular weight excluding hydrogens is 256 g/mol. The second-order valence-corrected chi connectivity index (χ2v) is 4.05. The van der Waals surface area contributed by atoms with Crippen LogP contribution in [0.25, 0.3) is 17.0 Å². The van der Waals surface area contributed by atoms with E-state index >= 15 is 0 Å². The van der Waals surface area contributed by atoms with Crippen LogP contribution in [0.5, 0.6) is 0 Å². The van der Waals surface area contributed by atoms with Crippen LogP contribution in [0.1, 0.15) is 5.56 Å². The summed E-state index contributed by atoms with van der Waals surface area (Å²) in [4.78, 5) is 26.7. The number of nitrogens with one attached hydrogen (secondary N) is 1. The molecule has 102 valence electrons. The molecule has 0 aliphatic heterocycles. The monoisotopic (exact) mass is 270 g/mol. The lowest BCUT2D eigenvalue weighted by Gasteiger charge is -2.01. The number of pyridine rings is 1. The summed E-state index contributed by atoms with van der Waals surface area (Å²) in [6.07, 6.45) is 4.74. The van der Waals surface area contributed by atoms with Gasteiger partial charge in [0, 0.05) is 23.2 Å². The van der Waals surface area contributed by atoms with Gasteiger partial charge >= 0.3 is 5.97 Å². The normalized spacial score (nSPS) is 10.7. The van der Waals surface area contributed by atoms with E-state index in [4.69, 9.17) is 0 Å². The maximum atomic E-state index is 11.5. The highest BCUT2D eigenvalue weighted by Gasteiger charge is 2.02. The number of hydrogen-bond donors (Lipinski definition) is 1. The standard InChI is InChI=1S/C15H14N2O3/c1-20-14(19)10-17-13(18)8-7-12-5-2-4-11-6-3-9-16-15(11)12/h2-9H,10H2,1H3,(H,17,18)/b8-7+. The first kappa shape index (κ1) is 13.7. The molecule has 0 spiro atoms. The molecular formula is C15H14N2O3. The fraction of sp³-hybridized carbons (Fsp3) is 0.133. The van der Waals surface area contributed by atoms with Gasteiger partial charge < -0.3 is 10.1 Å². The van der Waals surface area contributed by atoms with Crippen molar-refractivity contribution in [3.05, 3.63) is 48.2 Å². The van der Waals surface area contributed by atoms with Crippen molar-refractivity contribution in [1.82, 2.24) is 10.3 Å². The van der Waals surface area contributed by atoms with Crippen LogP contribution in [-0.4, -0.2) is 30.5 Å². The van der Waals surface area contributed by atoms with E-state index in [1.165, 1.54) is 13.2 Å². The minimum absolute atomic E-state index is 0.145. The fourth-order valence-corrected chi connectivity index (χ4v) is 1.72. The van der Waals surface area contributed by atoms with Crippen molar-refractivity contribution >= 4 is 28.9 Å². The van der Waals surface area contributed by atoms with Crippen LogP contribution in [0.15, 0.2) is 42.6 Å². The van der Waals surface area contributed by atoms with Crippen molar-refractivity contribution in [3.8, 4) is 0 Å². The zero-order chi connectivity index (χ0) is 14.4. The summed E-state index contributed by atoms with van der Waals surface area (Å²) in [5, 5.41) is 3.44. The van der Waals surface area contributed by atoms with Crippen LogP contribution in [0.3, 0.4) is 0 Å². The lowest BCUT2D eigenvalue weighted by molar-refractivity contribution is -0.140. The van der Waals surface area contributed by atoms with Crippen LogP contribution < -0.4 is 5.32 Å². The van der Waals surface area contributed by atoms with E-state index in [1.54, 1.807) is 12.3 Å². The molecule has 1 aromatic carbocycles. The highest BCUT2D eigenvalue weighted by molar-refractivity contribution is 5.96. The summed E-state index contributed by atoms with van der Waals surface area (Å²) >= 11 is 0. The predicted molar refractivity (Wildman–Crippen MR) is 75.8 cm³/mol. The first-order valence-corrected chi connectivity index (χ1v) is 6.07. The van der Waals surface area contributed by atoms with Gasteiger partial charge in [0.15, 0.2) is 0 Å². The Bertz CT molecular complexity index is 660. The van der Waals surface area contributed by atoms with Gasteiger partial charge in [-0.25, -0.2) is 0 Å². The molecule has 0 aliphatic rings. The second kappa shape index (κ2) is 6.47. The minimum atomic E-state index is -0.487. The van der Waals surface area contributed by atoms with Gasteiger partial charge in [-0.2, -0.15) is 0 Å². The Morgan fingerprint density at radius 1 is 1.30 bits per heavy atom. The van der Waals surface area contributed by atoms with Crippen molar-refractivity contribution in [1.29, 1.82) is 0 Å². The number of carbonyl (C=O) groups excluding carboxylic acids is 2. The number of hydrogen-bond acceptors (Lipinski definition) is 4. The quantitative estimate of drug-likeness (QED) is 0.676. The highest BCUT2D eigenvalue weighted by Crippen LogP contribution is 2.16. The third-order valence-corrected chi connectivity index (χ3v) is 2.71. The summed E-state index contributed by atoms with van der Waals surface area (Å²) in [5.74, 6) is -0.845. The first-order valence-electron chi connectivity index (χ1n) is 6.07. The molecule has 1 amide bonds. The summed E-state index contributed by atoms with van der Waals surface area (Å²) in [6.45, 7) is -0.145. The number of amides is 1. The van der Waals surface area contributed by atoms with Gasteiger partial charge in [0.2, 0.25) is 5.91 Å². The van der Waals surface area contributed by atoms with E-state index in [0.717, 1.165) is 16.5 Å². The first-order chi connectivity index (χ1) is 9.70. The van der Waals surface area contributed by atoms with E-state index in [1.807, 2.05) is 30.3 Å². The zero-order valence-electron chi connectivity index (χ0n) is 11.0. The number of ether oxygens (including phenoxy) is 1. The molecule has 0 unspecified atom stereocenters. The molecule has 1 N–H and O–H groups in total. The Hall–Kier alpha value is -2.69. The average molecular weight is 270 g/mol. The molecule has 0 saturated heterocycles. The smallest absolute Gasteiger partial charge is 0.325 e.